The summed E-state index contributed by atoms with van der Waals surface area (Å²) in [5, 5.41) is 20.8. The SMILES string of the molecule is O=c1c(=Cc2cc([N+](=O)[O-])ccc2O)sc2nc3ccccc3n12. The molecule has 0 amide bonds. The van der Waals surface area contributed by atoms with Crippen molar-refractivity contribution in [3.8, 4) is 5.75 Å². The van der Waals surface area contributed by atoms with Crippen LogP contribution in [0.4, 0.5) is 5.69 Å². The molecule has 2 heterocycles. The molecule has 0 spiro atoms. The van der Waals surface area contributed by atoms with Crippen LogP contribution < -0.4 is 10.1 Å². The fourth-order valence-corrected chi connectivity index (χ4v) is 3.50. The molecule has 1 N–H and O–H groups in total. The Kier molecular flexibility index (Phi) is 3.07. The van der Waals surface area contributed by atoms with E-state index in [1.807, 2.05) is 18.2 Å². The molecule has 0 unspecified atom stereocenters. The number of nitro groups is 1. The maximum absolute atomic E-state index is 12.6. The third kappa shape index (κ3) is 2.12. The number of thiazole rings is 1. The minimum absolute atomic E-state index is 0.129. The van der Waals surface area contributed by atoms with E-state index in [4.69, 9.17) is 0 Å². The molecule has 4 aromatic rings. The molecule has 24 heavy (non-hydrogen) atoms. The number of phenolic OH excluding ortho intramolecular Hbond substituents is 1. The van der Waals surface area contributed by atoms with Gasteiger partial charge in [-0.2, -0.15) is 0 Å². The molecule has 0 saturated heterocycles. The topological polar surface area (TPSA) is 97.7 Å². The average molecular weight is 339 g/mol. The van der Waals surface area contributed by atoms with Crippen LogP contribution in [0.2, 0.25) is 0 Å². The highest BCUT2D eigenvalue weighted by Crippen LogP contribution is 2.23. The molecule has 0 radical (unpaired) electrons. The summed E-state index contributed by atoms with van der Waals surface area (Å²) in [7, 11) is 0. The minimum Gasteiger partial charge on any atom is -0.507 e. The van der Waals surface area contributed by atoms with Crippen molar-refractivity contribution in [1.82, 2.24) is 9.38 Å². The maximum Gasteiger partial charge on any atom is 0.274 e. The van der Waals surface area contributed by atoms with Gasteiger partial charge in [-0.05, 0) is 24.3 Å². The second-order valence-electron chi connectivity index (χ2n) is 5.13. The summed E-state index contributed by atoms with van der Waals surface area (Å²) in [6.07, 6.45) is 1.44. The van der Waals surface area contributed by atoms with E-state index in [0.717, 1.165) is 5.52 Å². The van der Waals surface area contributed by atoms with E-state index >= 15 is 0 Å². The molecule has 0 aliphatic heterocycles. The number of rotatable bonds is 2. The van der Waals surface area contributed by atoms with Crippen LogP contribution in [-0.4, -0.2) is 19.4 Å². The lowest BCUT2D eigenvalue weighted by Crippen LogP contribution is -2.22. The zero-order chi connectivity index (χ0) is 16.8. The monoisotopic (exact) mass is 339 g/mol. The first-order valence-electron chi connectivity index (χ1n) is 6.94. The molecule has 0 bridgehead atoms. The van der Waals surface area contributed by atoms with E-state index in [1.54, 1.807) is 6.07 Å². The summed E-state index contributed by atoms with van der Waals surface area (Å²) in [5.74, 6) is -0.129. The van der Waals surface area contributed by atoms with Gasteiger partial charge in [0.2, 0.25) is 0 Å². The van der Waals surface area contributed by atoms with E-state index in [1.165, 1.54) is 40.0 Å². The number of benzene rings is 2. The van der Waals surface area contributed by atoms with Gasteiger partial charge in [0.15, 0.2) is 4.96 Å². The van der Waals surface area contributed by atoms with Crippen LogP contribution in [0.3, 0.4) is 0 Å². The molecular weight excluding hydrogens is 330 g/mol. The molecule has 0 aliphatic carbocycles. The van der Waals surface area contributed by atoms with Crippen molar-refractivity contribution in [3.63, 3.8) is 0 Å². The van der Waals surface area contributed by atoms with Gasteiger partial charge in [0, 0.05) is 17.7 Å². The zero-order valence-electron chi connectivity index (χ0n) is 12.0. The number of fused-ring (bicyclic) bond motifs is 3. The van der Waals surface area contributed by atoms with E-state index in [0.29, 0.717) is 15.0 Å². The number of non-ortho nitro benzene ring substituents is 1. The van der Waals surface area contributed by atoms with Gasteiger partial charge in [-0.25, -0.2) is 9.38 Å². The highest BCUT2D eigenvalue weighted by atomic mass is 32.1. The summed E-state index contributed by atoms with van der Waals surface area (Å²) in [4.78, 5) is 27.9. The Hall–Kier alpha value is -3.26. The molecule has 0 atom stereocenters. The van der Waals surface area contributed by atoms with Crippen molar-refractivity contribution in [3.05, 3.63) is 73.0 Å². The Balaban J connectivity index is 1.99. The van der Waals surface area contributed by atoms with Crippen LogP contribution in [0.25, 0.3) is 22.1 Å². The van der Waals surface area contributed by atoms with Crippen molar-refractivity contribution >= 4 is 39.1 Å². The Bertz CT molecular complexity index is 1230. The first kappa shape index (κ1) is 14.3. The highest BCUT2D eigenvalue weighted by Gasteiger charge is 2.12. The quantitative estimate of drug-likeness (QED) is 0.445. The van der Waals surface area contributed by atoms with Crippen molar-refractivity contribution in [1.29, 1.82) is 0 Å². The van der Waals surface area contributed by atoms with E-state index in [-0.39, 0.29) is 22.6 Å². The summed E-state index contributed by atoms with van der Waals surface area (Å²) < 4.78 is 1.85. The van der Waals surface area contributed by atoms with Gasteiger partial charge in [0.05, 0.1) is 20.5 Å². The van der Waals surface area contributed by atoms with Crippen LogP contribution in [0.15, 0.2) is 47.3 Å². The lowest BCUT2D eigenvalue weighted by molar-refractivity contribution is -0.384. The van der Waals surface area contributed by atoms with Crippen LogP contribution in [0.5, 0.6) is 5.75 Å². The van der Waals surface area contributed by atoms with Gasteiger partial charge in [-0.15, -0.1) is 0 Å². The summed E-state index contributed by atoms with van der Waals surface area (Å²) in [5.41, 5.74) is 1.23. The fraction of sp³-hybridized carbons (Fsp3) is 0. The van der Waals surface area contributed by atoms with Crippen LogP contribution in [0.1, 0.15) is 5.56 Å². The van der Waals surface area contributed by atoms with Gasteiger partial charge in [-0.1, -0.05) is 23.5 Å². The van der Waals surface area contributed by atoms with Crippen LogP contribution >= 0.6 is 11.3 Å². The molecule has 2 aromatic heterocycles. The molecule has 118 valence electrons. The Morgan fingerprint density at radius 3 is 2.83 bits per heavy atom. The molecule has 8 heteroatoms. The average Bonchev–Trinajstić information content (AvgIpc) is 3.06. The third-order valence-electron chi connectivity index (χ3n) is 3.65. The second-order valence-corrected chi connectivity index (χ2v) is 6.14. The number of aromatic hydroxyl groups is 1. The second kappa shape index (κ2) is 5.14. The number of nitro benzene ring substituents is 1. The first-order chi connectivity index (χ1) is 11.5. The maximum atomic E-state index is 12.6. The number of phenols is 1. The summed E-state index contributed by atoms with van der Waals surface area (Å²) in [6.45, 7) is 0. The number of hydrogen-bond acceptors (Lipinski definition) is 6. The van der Waals surface area contributed by atoms with Crippen molar-refractivity contribution < 1.29 is 10.0 Å². The predicted molar refractivity (Wildman–Crippen MR) is 90.4 cm³/mol. The number of nitrogens with zero attached hydrogens (tertiary/aromatic N) is 3. The zero-order valence-corrected chi connectivity index (χ0v) is 12.9. The number of aromatic nitrogens is 2. The Morgan fingerprint density at radius 2 is 2.04 bits per heavy atom. The molecule has 0 fully saturated rings. The predicted octanol–water partition coefficient (Wildman–Crippen LogP) is 2.07. The third-order valence-corrected chi connectivity index (χ3v) is 4.62. The number of para-hydroxylation sites is 2. The van der Waals surface area contributed by atoms with Gasteiger partial charge in [0.1, 0.15) is 5.75 Å². The van der Waals surface area contributed by atoms with E-state index in [2.05, 4.69) is 4.98 Å². The molecule has 2 aromatic carbocycles. The molecule has 0 saturated carbocycles. The van der Waals surface area contributed by atoms with Gasteiger partial charge >= 0.3 is 0 Å². The van der Waals surface area contributed by atoms with Crippen molar-refractivity contribution in [2.75, 3.05) is 0 Å². The lowest BCUT2D eigenvalue weighted by atomic mass is 10.1. The minimum atomic E-state index is -0.552. The van der Waals surface area contributed by atoms with Gasteiger partial charge in [0.25, 0.3) is 11.2 Å². The molecule has 0 aliphatic rings. The first-order valence-corrected chi connectivity index (χ1v) is 7.75. The molecular formula is C16H9N3O4S. The summed E-state index contributed by atoms with van der Waals surface area (Å²) in [6, 6.07) is 11.0. The van der Waals surface area contributed by atoms with Crippen molar-refractivity contribution in [2.24, 2.45) is 0 Å². The number of hydrogen-bond donors (Lipinski definition) is 1. The largest absolute Gasteiger partial charge is 0.507 e. The smallest absolute Gasteiger partial charge is 0.274 e. The Morgan fingerprint density at radius 1 is 1.25 bits per heavy atom. The molecule has 4 rings (SSSR count). The van der Waals surface area contributed by atoms with Crippen LogP contribution in [0, 0.1) is 10.1 Å². The van der Waals surface area contributed by atoms with Crippen LogP contribution in [-0.2, 0) is 0 Å². The fourth-order valence-electron chi connectivity index (χ4n) is 2.52. The highest BCUT2D eigenvalue weighted by molar-refractivity contribution is 7.15. The van der Waals surface area contributed by atoms with E-state index < -0.39 is 4.92 Å². The molecule has 7 nitrogen and oxygen atoms in total. The van der Waals surface area contributed by atoms with Gasteiger partial charge < -0.3 is 5.11 Å². The van der Waals surface area contributed by atoms with E-state index in [9.17, 15) is 20.0 Å². The lowest BCUT2D eigenvalue weighted by Gasteiger charge is -1.97. The standard InChI is InChI=1S/C16H9N3O4S/c20-13-6-5-10(19(22)23)7-9(13)8-14-15(21)18-12-4-2-1-3-11(12)17-16(18)24-14/h1-8,20H. The number of imidazole rings is 1. The Labute approximate surface area is 137 Å². The van der Waals surface area contributed by atoms with Crippen molar-refractivity contribution in [2.45, 2.75) is 0 Å². The normalized spacial score (nSPS) is 12.2. The summed E-state index contributed by atoms with van der Waals surface area (Å²) >= 11 is 1.17. The van der Waals surface area contributed by atoms with Gasteiger partial charge in [-0.3, -0.25) is 14.9 Å².